The van der Waals surface area contributed by atoms with Crippen molar-refractivity contribution in [1.29, 1.82) is 5.26 Å². The molecular weight excluding hydrogens is 200 g/mol. The molecule has 0 aliphatic rings. The summed E-state index contributed by atoms with van der Waals surface area (Å²) in [5, 5.41) is 8.70. The average Bonchev–Trinajstić information content (AvgIpc) is 2.25. The Bertz CT molecular complexity index is 396. The van der Waals surface area contributed by atoms with Crippen molar-refractivity contribution >= 4 is 6.08 Å². The fraction of sp³-hybridized carbons (Fsp3) is 0.182. The van der Waals surface area contributed by atoms with E-state index in [2.05, 4.69) is 6.58 Å². The number of alkyl halides is 2. The molecule has 0 saturated heterocycles. The number of rotatable bonds is 4. The van der Waals surface area contributed by atoms with Crippen LogP contribution in [0.1, 0.15) is 11.1 Å². The van der Waals surface area contributed by atoms with Crippen molar-refractivity contribution in [2.45, 2.75) is 6.43 Å². The summed E-state index contributed by atoms with van der Waals surface area (Å²) in [5.41, 5.74) is 0.958. The molecule has 0 spiro atoms. The fourth-order valence-corrected chi connectivity index (χ4v) is 1.03. The van der Waals surface area contributed by atoms with Gasteiger partial charge in [-0.3, -0.25) is 0 Å². The Morgan fingerprint density at radius 3 is 2.80 bits per heavy atom. The summed E-state index contributed by atoms with van der Waals surface area (Å²) in [6.07, 6.45) is -1.000. The molecule has 0 atom stereocenters. The van der Waals surface area contributed by atoms with E-state index < -0.39 is 13.0 Å². The standard InChI is InChI=1S/C11H9F2NO/c1-2-8-3-4-9(6-14)10(5-8)15-7-11(12)13/h2-5,11H,1,7H2. The first-order valence-electron chi connectivity index (χ1n) is 4.25. The van der Waals surface area contributed by atoms with Gasteiger partial charge in [0.25, 0.3) is 6.43 Å². The van der Waals surface area contributed by atoms with Crippen molar-refractivity contribution in [3.63, 3.8) is 0 Å². The first-order chi connectivity index (χ1) is 7.17. The van der Waals surface area contributed by atoms with Gasteiger partial charge in [-0.15, -0.1) is 0 Å². The number of nitrogens with zero attached hydrogens (tertiary/aromatic N) is 1. The molecule has 0 aliphatic heterocycles. The third-order valence-electron chi connectivity index (χ3n) is 1.73. The molecule has 15 heavy (non-hydrogen) atoms. The monoisotopic (exact) mass is 209 g/mol. The second-order valence-electron chi connectivity index (χ2n) is 2.77. The third-order valence-corrected chi connectivity index (χ3v) is 1.73. The van der Waals surface area contributed by atoms with Gasteiger partial charge in [-0.2, -0.15) is 5.26 Å². The maximum atomic E-state index is 11.9. The van der Waals surface area contributed by atoms with E-state index in [-0.39, 0.29) is 11.3 Å². The molecule has 0 N–H and O–H groups in total. The van der Waals surface area contributed by atoms with Crippen molar-refractivity contribution in [2.75, 3.05) is 6.61 Å². The van der Waals surface area contributed by atoms with E-state index in [0.717, 1.165) is 5.56 Å². The first-order valence-corrected chi connectivity index (χ1v) is 4.25. The summed E-state index contributed by atoms with van der Waals surface area (Å²) in [5.74, 6) is 0.162. The average molecular weight is 209 g/mol. The Morgan fingerprint density at radius 2 is 2.27 bits per heavy atom. The van der Waals surface area contributed by atoms with E-state index in [1.54, 1.807) is 12.1 Å². The zero-order chi connectivity index (χ0) is 11.3. The maximum absolute atomic E-state index is 11.9. The molecule has 1 rings (SSSR count). The molecule has 1 aromatic carbocycles. The summed E-state index contributed by atoms with van der Waals surface area (Å²) in [6, 6.07) is 6.55. The maximum Gasteiger partial charge on any atom is 0.272 e. The van der Waals surface area contributed by atoms with E-state index in [9.17, 15) is 8.78 Å². The molecule has 0 amide bonds. The smallest absolute Gasteiger partial charge is 0.272 e. The van der Waals surface area contributed by atoms with Gasteiger partial charge in [0.15, 0.2) is 0 Å². The number of ether oxygens (including phenoxy) is 1. The van der Waals surface area contributed by atoms with Crippen LogP contribution in [0, 0.1) is 11.3 Å². The molecule has 2 nitrogen and oxygen atoms in total. The summed E-state index contributed by atoms with van der Waals surface area (Å²) in [4.78, 5) is 0. The van der Waals surface area contributed by atoms with Crippen molar-refractivity contribution in [3.05, 3.63) is 35.9 Å². The zero-order valence-corrected chi connectivity index (χ0v) is 7.91. The largest absolute Gasteiger partial charge is 0.486 e. The summed E-state index contributed by atoms with van der Waals surface area (Å²) >= 11 is 0. The minimum atomic E-state index is -2.55. The van der Waals surface area contributed by atoms with Crippen molar-refractivity contribution in [2.24, 2.45) is 0 Å². The molecule has 0 aromatic heterocycles. The minimum absolute atomic E-state index is 0.162. The Kier molecular flexibility index (Phi) is 3.81. The molecule has 1 aromatic rings. The molecule has 4 heteroatoms. The van der Waals surface area contributed by atoms with Gasteiger partial charge in [-0.05, 0) is 17.7 Å². The Hall–Kier alpha value is -1.89. The van der Waals surface area contributed by atoms with Crippen LogP contribution in [-0.4, -0.2) is 13.0 Å². The highest BCUT2D eigenvalue weighted by atomic mass is 19.3. The van der Waals surface area contributed by atoms with Gasteiger partial charge in [0.05, 0.1) is 5.56 Å². The summed E-state index contributed by atoms with van der Waals surface area (Å²) in [7, 11) is 0. The molecule has 0 bridgehead atoms. The van der Waals surface area contributed by atoms with Gasteiger partial charge >= 0.3 is 0 Å². The summed E-state index contributed by atoms with van der Waals surface area (Å²) in [6.45, 7) is 2.82. The number of benzene rings is 1. The zero-order valence-electron chi connectivity index (χ0n) is 7.91. The van der Waals surface area contributed by atoms with Crippen LogP contribution in [0.15, 0.2) is 24.8 Å². The highest BCUT2D eigenvalue weighted by molar-refractivity contribution is 5.55. The second-order valence-corrected chi connectivity index (χ2v) is 2.77. The van der Waals surface area contributed by atoms with Crippen LogP contribution < -0.4 is 4.74 Å². The lowest BCUT2D eigenvalue weighted by molar-refractivity contribution is 0.0817. The number of hydrogen-bond acceptors (Lipinski definition) is 2. The molecule has 78 valence electrons. The molecule has 0 radical (unpaired) electrons. The molecule has 0 unspecified atom stereocenters. The van der Waals surface area contributed by atoms with E-state index in [1.165, 1.54) is 12.1 Å². The summed E-state index contributed by atoms with van der Waals surface area (Å²) < 4.78 is 28.6. The third kappa shape index (κ3) is 3.06. The number of hydrogen-bond donors (Lipinski definition) is 0. The lowest BCUT2D eigenvalue weighted by Crippen LogP contribution is -2.07. The second kappa shape index (κ2) is 5.11. The molecule has 0 saturated carbocycles. The van der Waals surface area contributed by atoms with Crippen molar-refractivity contribution < 1.29 is 13.5 Å². The van der Waals surface area contributed by atoms with Gasteiger partial charge in [0, 0.05) is 0 Å². The minimum Gasteiger partial charge on any atom is -0.486 e. The predicted octanol–water partition coefficient (Wildman–Crippen LogP) is 2.85. The van der Waals surface area contributed by atoms with Crippen LogP contribution in [0.3, 0.4) is 0 Å². The van der Waals surface area contributed by atoms with Crippen LogP contribution >= 0.6 is 0 Å². The topological polar surface area (TPSA) is 33.0 Å². The molecule has 0 aliphatic carbocycles. The van der Waals surface area contributed by atoms with Gasteiger partial charge in [-0.1, -0.05) is 18.7 Å². The Labute approximate surface area is 86.4 Å². The Morgan fingerprint density at radius 1 is 1.53 bits per heavy atom. The predicted molar refractivity (Wildman–Crippen MR) is 52.7 cm³/mol. The van der Waals surface area contributed by atoms with Gasteiger partial charge in [-0.25, -0.2) is 8.78 Å². The highest BCUT2D eigenvalue weighted by Gasteiger charge is 2.07. The molecule has 0 heterocycles. The normalized spacial score (nSPS) is 9.73. The van der Waals surface area contributed by atoms with Gasteiger partial charge in [0.2, 0.25) is 0 Å². The lowest BCUT2D eigenvalue weighted by atomic mass is 10.1. The molecule has 0 fully saturated rings. The number of nitriles is 1. The van der Waals surface area contributed by atoms with Crippen LogP contribution in [0.2, 0.25) is 0 Å². The lowest BCUT2D eigenvalue weighted by Gasteiger charge is -2.07. The highest BCUT2D eigenvalue weighted by Crippen LogP contribution is 2.20. The SMILES string of the molecule is C=Cc1ccc(C#N)c(OCC(F)F)c1. The Balaban J connectivity index is 2.92. The van der Waals surface area contributed by atoms with Gasteiger partial charge < -0.3 is 4.74 Å². The van der Waals surface area contributed by atoms with Crippen molar-refractivity contribution in [3.8, 4) is 11.8 Å². The quantitative estimate of drug-likeness (QED) is 0.763. The van der Waals surface area contributed by atoms with Crippen LogP contribution in [0.4, 0.5) is 8.78 Å². The van der Waals surface area contributed by atoms with E-state index in [0.29, 0.717) is 0 Å². The van der Waals surface area contributed by atoms with Crippen LogP contribution in [0.5, 0.6) is 5.75 Å². The van der Waals surface area contributed by atoms with E-state index >= 15 is 0 Å². The van der Waals surface area contributed by atoms with Gasteiger partial charge in [0.1, 0.15) is 18.4 Å². The fourth-order valence-electron chi connectivity index (χ4n) is 1.03. The first kappa shape index (κ1) is 11.2. The van der Waals surface area contributed by atoms with Crippen LogP contribution in [0.25, 0.3) is 6.08 Å². The molecular formula is C11H9F2NO. The number of halogens is 2. The van der Waals surface area contributed by atoms with Crippen LogP contribution in [-0.2, 0) is 0 Å². The van der Waals surface area contributed by atoms with E-state index in [1.807, 2.05) is 6.07 Å². The van der Waals surface area contributed by atoms with E-state index in [4.69, 9.17) is 10.00 Å². The van der Waals surface area contributed by atoms with Crippen molar-refractivity contribution in [1.82, 2.24) is 0 Å².